The van der Waals surface area contributed by atoms with E-state index in [1.165, 1.54) is 6.42 Å². The van der Waals surface area contributed by atoms with Crippen LogP contribution in [0.4, 0.5) is 4.79 Å². The Morgan fingerprint density at radius 1 is 1.25 bits per heavy atom. The second-order valence-corrected chi connectivity index (χ2v) is 6.29. The van der Waals surface area contributed by atoms with Crippen molar-refractivity contribution in [1.29, 1.82) is 0 Å². The lowest BCUT2D eigenvalue weighted by molar-refractivity contribution is -0.123. The monoisotopic (exact) mass is 336 g/mol. The largest absolute Gasteiger partial charge is 0.466 e. The van der Waals surface area contributed by atoms with Crippen LogP contribution in [0.2, 0.25) is 0 Å². The molecule has 2 atom stereocenters. The third-order valence-electron chi connectivity index (χ3n) is 4.28. The number of aryl methyl sites for hydroxylation is 2. The molecule has 0 unspecified atom stereocenters. The first-order valence-corrected chi connectivity index (χ1v) is 8.21. The van der Waals surface area contributed by atoms with E-state index in [4.69, 9.17) is 9.15 Å². The Labute approximate surface area is 141 Å². The third kappa shape index (κ3) is 4.84. The number of hydrogen-bond donors (Lipinski definition) is 2. The molecule has 0 saturated heterocycles. The first-order valence-electron chi connectivity index (χ1n) is 8.21. The molecular weight excluding hydrogens is 312 g/mol. The van der Waals surface area contributed by atoms with Crippen LogP contribution in [0.3, 0.4) is 0 Å². The minimum atomic E-state index is -0.665. The molecule has 7 heteroatoms. The predicted octanol–water partition coefficient (Wildman–Crippen LogP) is 2.46. The number of carbonyl (C=O) groups excluding carboxylic acids is 3. The first-order chi connectivity index (χ1) is 11.4. The highest BCUT2D eigenvalue weighted by Crippen LogP contribution is 2.23. The molecule has 3 amide bonds. The fraction of sp³-hybridized carbons (Fsp3) is 0.588. The van der Waals surface area contributed by atoms with Crippen molar-refractivity contribution in [3.63, 3.8) is 0 Å². The highest BCUT2D eigenvalue weighted by atomic mass is 16.5. The lowest BCUT2D eigenvalue weighted by Crippen LogP contribution is -2.48. The van der Waals surface area contributed by atoms with Gasteiger partial charge in [0, 0.05) is 6.04 Å². The maximum Gasteiger partial charge on any atom is 0.342 e. The van der Waals surface area contributed by atoms with Crippen LogP contribution in [0, 0.1) is 19.8 Å². The average Bonchev–Trinajstić information content (AvgIpc) is 2.86. The number of rotatable bonds is 4. The van der Waals surface area contributed by atoms with Gasteiger partial charge in [-0.2, -0.15) is 0 Å². The van der Waals surface area contributed by atoms with Crippen LogP contribution in [0.25, 0.3) is 0 Å². The third-order valence-corrected chi connectivity index (χ3v) is 4.28. The summed E-state index contributed by atoms with van der Waals surface area (Å²) in [6, 6.07) is 1.07. The van der Waals surface area contributed by atoms with Gasteiger partial charge in [0.1, 0.15) is 17.1 Å². The molecule has 7 nitrogen and oxygen atoms in total. The number of amides is 3. The molecule has 1 heterocycles. The molecule has 0 radical (unpaired) electrons. The van der Waals surface area contributed by atoms with E-state index < -0.39 is 24.5 Å². The number of furan rings is 1. The molecule has 0 spiro atoms. The smallest absolute Gasteiger partial charge is 0.342 e. The van der Waals surface area contributed by atoms with Crippen LogP contribution in [0.1, 0.15) is 54.5 Å². The molecule has 2 N–H and O–H groups in total. The van der Waals surface area contributed by atoms with E-state index >= 15 is 0 Å². The standard InChI is InChI=1S/C17H24N2O5/c1-10-6-4-5-7-14(10)18-17(22)19-15(20)9-23-16(21)13-8-11(2)24-12(13)3/h8,10,14H,4-7,9H2,1-3H3,(H2,18,19,20,22)/t10-,14+/m1/s1. The molecule has 0 bridgehead atoms. The van der Waals surface area contributed by atoms with Crippen LogP contribution in [0.15, 0.2) is 10.5 Å². The maximum absolute atomic E-state index is 11.9. The summed E-state index contributed by atoms with van der Waals surface area (Å²) in [5.41, 5.74) is 0.279. The van der Waals surface area contributed by atoms with Crippen molar-refractivity contribution in [2.45, 2.75) is 52.5 Å². The van der Waals surface area contributed by atoms with Gasteiger partial charge in [-0.15, -0.1) is 0 Å². The van der Waals surface area contributed by atoms with Crippen LogP contribution < -0.4 is 10.6 Å². The quantitative estimate of drug-likeness (QED) is 0.823. The van der Waals surface area contributed by atoms with E-state index in [1.54, 1.807) is 19.9 Å². The minimum Gasteiger partial charge on any atom is -0.466 e. The van der Waals surface area contributed by atoms with Gasteiger partial charge in [-0.25, -0.2) is 9.59 Å². The van der Waals surface area contributed by atoms with Crippen molar-refractivity contribution < 1.29 is 23.5 Å². The number of hydrogen-bond acceptors (Lipinski definition) is 5. The molecule has 24 heavy (non-hydrogen) atoms. The van der Waals surface area contributed by atoms with E-state index in [-0.39, 0.29) is 11.6 Å². The second-order valence-electron chi connectivity index (χ2n) is 6.29. The van der Waals surface area contributed by atoms with Crippen molar-refractivity contribution in [2.75, 3.05) is 6.61 Å². The Hall–Kier alpha value is -2.31. The number of urea groups is 1. The van der Waals surface area contributed by atoms with E-state index in [9.17, 15) is 14.4 Å². The lowest BCUT2D eigenvalue weighted by Gasteiger charge is -2.29. The van der Waals surface area contributed by atoms with Gasteiger partial charge in [0.05, 0.1) is 0 Å². The van der Waals surface area contributed by atoms with Crippen molar-refractivity contribution in [2.24, 2.45) is 5.92 Å². The van der Waals surface area contributed by atoms with Gasteiger partial charge < -0.3 is 14.5 Å². The Bertz CT molecular complexity index is 622. The minimum absolute atomic E-state index is 0.0747. The zero-order valence-electron chi connectivity index (χ0n) is 14.3. The summed E-state index contributed by atoms with van der Waals surface area (Å²) < 4.78 is 10.1. The molecule has 132 valence electrons. The van der Waals surface area contributed by atoms with Gasteiger partial charge in [0.25, 0.3) is 5.91 Å². The van der Waals surface area contributed by atoms with Crippen LogP contribution in [-0.4, -0.2) is 30.6 Å². The summed E-state index contributed by atoms with van der Waals surface area (Å²) in [7, 11) is 0. The molecule has 1 aliphatic carbocycles. The molecular formula is C17H24N2O5. The highest BCUT2D eigenvalue weighted by molar-refractivity contribution is 5.97. The van der Waals surface area contributed by atoms with Gasteiger partial charge in [-0.1, -0.05) is 19.8 Å². The number of ether oxygens (including phenoxy) is 1. The zero-order valence-corrected chi connectivity index (χ0v) is 14.3. The first kappa shape index (κ1) is 18.0. The zero-order chi connectivity index (χ0) is 17.7. The van der Waals surface area contributed by atoms with E-state index in [2.05, 4.69) is 17.6 Å². The highest BCUT2D eigenvalue weighted by Gasteiger charge is 2.23. The molecule has 0 aliphatic heterocycles. The van der Waals surface area contributed by atoms with Gasteiger partial charge in [0.15, 0.2) is 6.61 Å². The molecule has 1 saturated carbocycles. The summed E-state index contributed by atoms with van der Waals surface area (Å²) >= 11 is 0. The van der Waals surface area contributed by atoms with E-state index in [0.717, 1.165) is 19.3 Å². The molecule has 1 aliphatic rings. The molecule has 0 aromatic carbocycles. The van der Waals surface area contributed by atoms with E-state index in [1.807, 2.05) is 0 Å². The molecule has 1 aromatic rings. The SMILES string of the molecule is Cc1cc(C(=O)OCC(=O)NC(=O)N[C@H]2CCCC[C@H]2C)c(C)o1. The number of esters is 1. The summed E-state index contributed by atoms with van der Waals surface area (Å²) in [6.45, 7) is 4.93. The fourth-order valence-electron chi connectivity index (χ4n) is 2.94. The van der Waals surface area contributed by atoms with Gasteiger partial charge in [0.2, 0.25) is 0 Å². The number of nitrogens with one attached hydrogen (secondary N) is 2. The van der Waals surface area contributed by atoms with Gasteiger partial charge in [-0.05, 0) is 38.7 Å². The summed E-state index contributed by atoms with van der Waals surface area (Å²) in [5.74, 6) is 0.0968. The summed E-state index contributed by atoms with van der Waals surface area (Å²) in [6.07, 6.45) is 4.23. The number of imide groups is 1. The van der Waals surface area contributed by atoms with Crippen LogP contribution in [-0.2, 0) is 9.53 Å². The maximum atomic E-state index is 11.9. The predicted molar refractivity (Wildman–Crippen MR) is 86.6 cm³/mol. The van der Waals surface area contributed by atoms with Gasteiger partial charge >= 0.3 is 12.0 Å². The molecule has 1 fully saturated rings. The van der Waals surface area contributed by atoms with Crippen LogP contribution >= 0.6 is 0 Å². The average molecular weight is 336 g/mol. The lowest BCUT2D eigenvalue weighted by atomic mass is 9.86. The molecule has 2 rings (SSSR count). The molecule has 1 aromatic heterocycles. The Balaban J connectivity index is 1.75. The summed E-state index contributed by atoms with van der Waals surface area (Å²) in [4.78, 5) is 35.4. The van der Waals surface area contributed by atoms with Crippen molar-refractivity contribution in [1.82, 2.24) is 10.6 Å². The van der Waals surface area contributed by atoms with Gasteiger partial charge in [-0.3, -0.25) is 10.1 Å². The second kappa shape index (κ2) is 7.99. The fourth-order valence-corrected chi connectivity index (χ4v) is 2.94. The Morgan fingerprint density at radius 2 is 1.96 bits per heavy atom. The Kier molecular flexibility index (Phi) is 6.00. The number of carbonyl (C=O) groups is 3. The van der Waals surface area contributed by atoms with Crippen molar-refractivity contribution in [3.8, 4) is 0 Å². The normalized spacial score (nSPS) is 20.3. The van der Waals surface area contributed by atoms with Crippen molar-refractivity contribution >= 4 is 17.9 Å². The van der Waals surface area contributed by atoms with Crippen LogP contribution in [0.5, 0.6) is 0 Å². The summed E-state index contributed by atoms with van der Waals surface area (Å²) in [5, 5.41) is 4.99. The van der Waals surface area contributed by atoms with E-state index in [0.29, 0.717) is 17.4 Å². The topological polar surface area (TPSA) is 97.6 Å². The van der Waals surface area contributed by atoms with Crippen molar-refractivity contribution in [3.05, 3.63) is 23.2 Å². The Morgan fingerprint density at radius 3 is 2.58 bits per heavy atom.